The molecule has 0 spiro atoms. The monoisotopic (exact) mass is 184 g/mol. The SMILES string of the molecule is CCC(=O)OC1CCCC1C(C)C. The molecule has 2 atom stereocenters. The van der Waals surface area contributed by atoms with E-state index in [1.807, 2.05) is 6.92 Å². The number of ether oxygens (including phenoxy) is 1. The van der Waals surface area contributed by atoms with E-state index in [0.717, 1.165) is 6.42 Å². The van der Waals surface area contributed by atoms with Gasteiger partial charge in [0, 0.05) is 6.42 Å². The highest BCUT2D eigenvalue weighted by molar-refractivity contribution is 5.69. The average molecular weight is 184 g/mol. The van der Waals surface area contributed by atoms with E-state index in [1.165, 1.54) is 12.8 Å². The molecule has 1 aliphatic rings. The molecule has 0 bridgehead atoms. The van der Waals surface area contributed by atoms with Gasteiger partial charge >= 0.3 is 5.97 Å². The summed E-state index contributed by atoms with van der Waals surface area (Å²) in [4.78, 5) is 11.1. The van der Waals surface area contributed by atoms with Crippen LogP contribution in [0.1, 0.15) is 46.5 Å². The summed E-state index contributed by atoms with van der Waals surface area (Å²) < 4.78 is 5.40. The lowest BCUT2D eigenvalue weighted by Gasteiger charge is -2.22. The Morgan fingerprint density at radius 1 is 1.46 bits per heavy atom. The van der Waals surface area contributed by atoms with Crippen LogP contribution >= 0.6 is 0 Å². The Labute approximate surface area is 80.7 Å². The van der Waals surface area contributed by atoms with Crippen LogP contribution in [0.4, 0.5) is 0 Å². The van der Waals surface area contributed by atoms with Crippen LogP contribution in [-0.4, -0.2) is 12.1 Å². The van der Waals surface area contributed by atoms with Gasteiger partial charge < -0.3 is 4.74 Å². The summed E-state index contributed by atoms with van der Waals surface area (Å²) in [5, 5.41) is 0. The largest absolute Gasteiger partial charge is 0.462 e. The Morgan fingerprint density at radius 3 is 2.69 bits per heavy atom. The van der Waals surface area contributed by atoms with Crippen molar-refractivity contribution in [1.82, 2.24) is 0 Å². The maximum atomic E-state index is 11.1. The summed E-state index contributed by atoms with van der Waals surface area (Å²) in [7, 11) is 0. The Kier molecular flexibility index (Phi) is 3.76. The normalized spacial score (nSPS) is 28.0. The molecule has 0 aromatic rings. The minimum absolute atomic E-state index is 0.0439. The Morgan fingerprint density at radius 2 is 2.15 bits per heavy atom. The first-order valence-corrected chi connectivity index (χ1v) is 5.34. The first kappa shape index (κ1) is 10.6. The van der Waals surface area contributed by atoms with Crippen molar-refractivity contribution in [1.29, 1.82) is 0 Å². The fraction of sp³-hybridized carbons (Fsp3) is 0.909. The molecule has 0 N–H and O–H groups in total. The van der Waals surface area contributed by atoms with Crippen molar-refractivity contribution < 1.29 is 9.53 Å². The highest BCUT2D eigenvalue weighted by atomic mass is 16.5. The van der Waals surface area contributed by atoms with Crippen molar-refractivity contribution in [3.63, 3.8) is 0 Å². The number of rotatable bonds is 3. The van der Waals surface area contributed by atoms with Crippen LogP contribution in [0.3, 0.4) is 0 Å². The fourth-order valence-corrected chi connectivity index (χ4v) is 2.12. The predicted octanol–water partition coefficient (Wildman–Crippen LogP) is 2.76. The van der Waals surface area contributed by atoms with Crippen LogP contribution < -0.4 is 0 Å². The quantitative estimate of drug-likeness (QED) is 0.630. The second kappa shape index (κ2) is 4.64. The third-order valence-electron chi connectivity index (χ3n) is 2.93. The lowest BCUT2D eigenvalue weighted by atomic mass is 9.92. The second-order valence-electron chi connectivity index (χ2n) is 4.22. The summed E-state index contributed by atoms with van der Waals surface area (Å²) in [5.41, 5.74) is 0. The second-order valence-corrected chi connectivity index (χ2v) is 4.22. The van der Waals surface area contributed by atoms with Gasteiger partial charge in [0.05, 0.1) is 0 Å². The number of esters is 1. The Bertz CT molecular complexity index is 175. The topological polar surface area (TPSA) is 26.3 Å². The minimum Gasteiger partial charge on any atom is -0.462 e. The molecule has 1 aliphatic carbocycles. The number of hydrogen-bond donors (Lipinski definition) is 0. The first-order chi connectivity index (χ1) is 6.15. The van der Waals surface area contributed by atoms with E-state index < -0.39 is 0 Å². The van der Waals surface area contributed by atoms with Crippen LogP contribution in [0.25, 0.3) is 0 Å². The highest BCUT2D eigenvalue weighted by Crippen LogP contribution is 2.33. The van der Waals surface area contributed by atoms with Crippen molar-refractivity contribution in [3.05, 3.63) is 0 Å². The van der Waals surface area contributed by atoms with Crippen molar-refractivity contribution >= 4 is 5.97 Å². The van der Waals surface area contributed by atoms with Crippen LogP contribution in [-0.2, 0) is 9.53 Å². The van der Waals surface area contributed by atoms with Crippen LogP contribution in [0.5, 0.6) is 0 Å². The van der Waals surface area contributed by atoms with E-state index in [0.29, 0.717) is 18.3 Å². The molecule has 1 rings (SSSR count). The zero-order valence-corrected chi connectivity index (χ0v) is 8.88. The summed E-state index contributed by atoms with van der Waals surface area (Å²) in [6.45, 7) is 6.27. The van der Waals surface area contributed by atoms with Gasteiger partial charge in [0.15, 0.2) is 0 Å². The van der Waals surface area contributed by atoms with Crippen molar-refractivity contribution in [2.75, 3.05) is 0 Å². The van der Waals surface area contributed by atoms with Gasteiger partial charge in [-0.2, -0.15) is 0 Å². The number of hydrogen-bond acceptors (Lipinski definition) is 2. The molecule has 13 heavy (non-hydrogen) atoms. The molecule has 1 saturated carbocycles. The number of carbonyl (C=O) groups excluding carboxylic acids is 1. The first-order valence-electron chi connectivity index (χ1n) is 5.34. The minimum atomic E-state index is -0.0439. The van der Waals surface area contributed by atoms with Gasteiger partial charge in [0.2, 0.25) is 0 Å². The van der Waals surface area contributed by atoms with E-state index >= 15 is 0 Å². The highest BCUT2D eigenvalue weighted by Gasteiger charge is 2.31. The van der Waals surface area contributed by atoms with Crippen LogP contribution in [0.2, 0.25) is 0 Å². The van der Waals surface area contributed by atoms with Gasteiger partial charge in [-0.15, -0.1) is 0 Å². The van der Waals surface area contributed by atoms with Gasteiger partial charge in [-0.3, -0.25) is 4.79 Å². The van der Waals surface area contributed by atoms with Crippen molar-refractivity contribution in [2.24, 2.45) is 11.8 Å². The third-order valence-corrected chi connectivity index (χ3v) is 2.93. The van der Waals surface area contributed by atoms with Gasteiger partial charge in [-0.25, -0.2) is 0 Å². The lowest BCUT2D eigenvalue weighted by Crippen LogP contribution is -2.25. The van der Waals surface area contributed by atoms with Crippen molar-refractivity contribution in [2.45, 2.75) is 52.6 Å². The zero-order chi connectivity index (χ0) is 9.84. The number of carbonyl (C=O) groups is 1. The van der Waals surface area contributed by atoms with E-state index in [1.54, 1.807) is 0 Å². The van der Waals surface area contributed by atoms with Crippen LogP contribution in [0, 0.1) is 11.8 Å². The van der Waals surface area contributed by atoms with Gasteiger partial charge in [0.1, 0.15) is 6.10 Å². The maximum Gasteiger partial charge on any atom is 0.305 e. The molecule has 1 fully saturated rings. The van der Waals surface area contributed by atoms with E-state index in [9.17, 15) is 4.79 Å². The molecule has 2 unspecified atom stereocenters. The Balaban J connectivity index is 2.44. The Hall–Kier alpha value is -0.530. The van der Waals surface area contributed by atoms with Gasteiger partial charge in [-0.1, -0.05) is 20.8 Å². The smallest absolute Gasteiger partial charge is 0.305 e. The van der Waals surface area contributed by atoms with Crippen molar-refractivity contribution in [3.8, 4) is 0 Å². The molecular formula is C11H20O2. The molecule has 0 saturated heterocycles. The molecule has 2 nitrogen and oxygen atoms in total. The molecule has 0 amide bonds. The van der Waals surface area contributed by atoms with Gasteiger partial charge in [0.25, 0.3) is 0 Å². The summed E-state index contributed by atoms with van der Waals surface area (Å²) in [6.07, 6.45) is 4.20. The lowest BCUT2D eigenvalue weighted by molar-refractivity contribution is -0.151. The maximum absolute atomic E-state index is 11.1. The summed E-state index contributed by atoms with van der Waals surface area (Å²) >= 11 is 0. The van der Waals surface area contributed by atoms with E-state index in [2.05, 4.69) is 13.8 Å². The van der Waals surface area contributed by atoms with E-state index in [4.69, 9.17) is 4.74 Å². The average Bonchev–Trinajstić information content (AvgIpc) is 2.52. The molecular weight excluding hydrogens is 164 g/mol. The van der Waals surface area contributed by atoms with E-state index in [-0.39, 0.29) is 12.1 Å². The van der Waals surface area contributed by atoms with Gasteiger partial charge in [-0.05, 0) is 31.1 Å². The standard InChI is InChI=1S/C11H20O2/c1-4-11(12)13-10-7-5-6-9(10)8(2)3/h8-10H,4-7H2,1-3H3. The summed E-state index contributed by atoms with van der Waals surface area (Å²) in [6, 6.07) is 0. The molecule has 0 aliphatic heterocycles. The molecule has 76 valence electrons. The van der Waals surface area contributed by atoms with Crippen LogP contribution in [0.15, 0.2) is 0 Å². The molecule has 0 radical (unpaired) electrons. The molecule has 0 aromatic heterocycles. The third kappa shape index (κ3) is 2.71. The molecule has 2 heteroatoms. The summed E-state index contributed by atoms with van der Waals surface area (Å²) in [5.74, 6) is 1.19. The fourth-order valence-electron chi connectivity index (χ4n) is 2.12. The molecule has 0 aromatic carbocycles. The zero-order valence-electron chi connectivity index (χ0n) is 8.88. The molecule has 0 heterocycles. The predicted molar refractivity (Wildman–Crippen MR) is 52.4 cm³/mol.